The molecular weight excluding hydrogens is 408 g/mol. The summed E-state index contributed by atoms with van der Waals surface area (Å²) in [6.45, 7) is 2.35. The standard InChI is InChI=1S/C29H30N2O2/c30-23-29(25-13-6-2-7-14-25,26-15-8-3-9-16-26)17-10-20-31-21-18-28(19-22-31,27(32)33)24-11-4-1-5-12-24/h1-9,11-16H,10,17-22H2,(H,32,33). The van der Waals surface area contributed by atoms with E-state index < -0.39 is 16.8 Å². The van der Waals surface area contributed by atoms with Gasteiger partial charge in [0, 0.05) is 0 Å². The number of carbonyl (C=O) groups is 1. The summed E-state index contributed by atoms with van der Waals surface area (Å²) < 4.78 is 0. The molecule has 4 nitrogen and oxygen atoms in total. The number of aliphatic carboxylic acids is 1. The number of nitrogens with zero attached hydrogens (tertiary/aromatic N) is 2. The van der Waals surface area contributed by atoms with Gasteiger partial charge in [0.15, 0.2) is 0 Å². The predicted octanol–water partition coefficient (Wildman–Crippen LogP) is 5.39. The highest BCUT2D eigenvalue weighted by atomic mass is 16.4. The predicted molar refractivity (Wildman–Crippen MR) is 130 cm³/mol. The van der Waals surface area contributed by atoms with E-state index in [0.29, 0.717) is 12.8 Å². The number of hydrogen-bond acceptors (Lipinski definition) is 3. The van der Waals surface area contributed by atoms with E-state index in [-0.39, 0.29) is 0 Å². The molecule has 0 unspecified atom stereocenters. The first-order valence-electron chi connectivity index (χ1n) is 11.6. The van der Waals surface area contributed by atoms with Crippen LogP contribution in [0.1, 0.15) is 42.4 Å². The number of nitriles is 1. The molecule has 1 N–H and O–H groups in total. The van der Waals surface area contributed by atoms with Gasteiger partial charge < -0.3 is 10.0 Å². The van der Waals surface area contributed by atoms with Crippen LogP contribution in [0.15, 0.2) is 91.0 Å². The molecule has 4 rings (SSSR count). The number of carboxylic acid groups (broad SMARTS) is 1. The quantitative estimate of drug-likeness (QED) is 0.512. The van der Waals surface area contributed by atoms with Crippen molar-refractivity contribution >= 4 is 5.97 Å². The van der Waals surface area contributed by atoms with Crippen LogP contribution >= 0.6 is 0 Å². The Hall–Kier alpha value is -3.42. The first kappa shape index (κ1) is 22.8. The van der Waals surface area contributed by atoms with Crippen LogP contribution < -0.4 is 0 Å². The summed E-state index contributed by atoms with van der Waals surface area (Å²) in [6, 6.07) is 32.3. The molecule has 1 fully saturated rings. The lowest BCUT2D eigenvalue weighted by atomic mass is 9.72. The Balaban J connectivity index is 1.45. The molecule has 0 amide bonds. The van der Waals surface area contributed by atoms with Crippen molar-refractivity contribution in [2.75, 3.05) is 19.6 Å². The van der Waals surface area contributed by atoms with Crippen molar-refractivity contribution in [2.24, 2.45) is 0 Å². The molecule has 1 heterocycles. The van der Waals surface area contributed by atoms with Gasteiger partial charge in [-0.2, -0.15) is 5.26 Å². The molecule has 0 radical (unpaired) electrons. The maximum Gasteiger partial charge on any atom is 0.314 e. The van der Waals surface area contributed by atoms with Crippen molar-refractivity contribution in [1.82, 2.24) is 4.90 Å². The van der Waals surface area contributed by atoms with Crippen LogP contribution in [-0.4, -0.2) is 35.6 Å². The van der Waals surface area contributed by atoms with Crippen molar-refractivity contribution in [2.45, 2.75) is 36.5 Å². The van der Waals surface area contributed by atoms with Crippen LogP contribution in [0, 0.1) is 11.3 Å². The zero-order valence-corrected chi connectivity index (χ0v) is 18.9. The molecule has 0 spiro atoms. The second kappa shape index (κ2) is 10.0. The molecule has 3 aromatic rings. The maximum absolute atomic E-state index is 12.2. The molecule has 0 bridgehead atoms. The zero-order chi connectivity index (χ0) is 23.2. The third-order valence-corrected chi connectivity index (χ3v) is 7.20. The Morgan fingerprint density at radius 2 is 1.36 bits per heavy atom. The minimum absolute atomic E-state index is 0.604. The first-order valence-corrected chi connectivity index (χ1v) is 11.6. The molecular formula is C29H30N2O2. The van der Waals surface area contributed by atoms with E-state index >= 15 is 0 Å². The summed E-state index contributed by atoms with van der Waals surface area (Å²) >= 11 is 0. The molecule has 0 aliphatic carbocycles. The molecule has 33 heavy (non-hydrogen) atoms. The summed E-state index contributed by atoms with van der Waals surface area (Å²) in [5, 5.41) is 20.4. The summed E-state index contributed by atoms with van der Waals surface area (Å²) in [4.78, 5) is 14.6. The second-order valence-electron chi connectivity index (χ2n) is 8.95. The molecule has 4 heteroatoms. The van der Waals surface area contributed by atoms with Crippen molar-refractivity contribution in [3.05, 3.63) is 108 Å². The number of piperidine rings is 1. The minimum Gasteiger partial charge on any atom is -0.481 e. The van der Waals surface area contributed by atoms with E-state index in [1.165, 1.54) is 0 Å². The number of carboxylic acids is 1. The van der Waals surface area contributed by atoms with Gasteiger partial charge in [0.05, 0.1) is 11.5 Å². The van der Waals surface area contributed by atoms with Gasteiger partial charge in [0.1, 0.15) is 5.41 Å². The van der Waals surface area contributed by atoms with E-state index in [1.54, 1.807) is 0 Å². The average Bonchev–Trinajstić information content (AvgIpc) is 2.89. The summed E-state index contributed by atoms with van der Waals surface area (Å²) in [7, 11) is 0. The lowest BCUT2D eigenvalue weighted by Crippen LogP contribution is -2.47. The fourth-order valence-electron chi connectivity index (χ4n) is 5.20. The Morgan fingerprint density at radius 3 is 1.82 bits per heavy atom. The van der Waals surface area contributed by atoms with E-state index in [9.17, 15) is 15.2 Å². The van der Waals surface area contributed by atoms with Crippen LogP contribution in [0.5, 0.6) is 0 Å². The highest BCUT2D eigenvalue weighted by molar-refractivity contribution is 5.81. The number of hydrogen-bond donors (Lipinski definition) is 1. The molecule has 0 saturated carbocycles. The van der Waals surface area contributed by atoms with Gasteiger partial charge >= 0.3 is 5.97 Å². The number of benzene rings is 3. The average molecular weight is 439 g/mol. The summed E-state index contributed by atoms with van der Waals surface area (Å²) in [5.74, 6) is -0.731. The Labute approximate surface area is 196 Å². The second-order valence-corrected chi connectivity index (χ2v) is 8.95. The van der Waals surface area contributed by atoms with Crippen molar-refractivity contribution in [3.8, 4) is 6.07 Å². The van der Waals surface area contributed by atoms with Crippen LogP contribution in [0.2, 0.25) is 0 Å². The molecule has 1 aliphatic heterocycles. The SMILES string of the molecule is N#CC(CCCN1CCC(C(=O)O)(c2ccccc2)CC1)(c1ccccc1)c1ccccc1. The largest absolute Gasteiger partial charge is 0.481 e. The highest BCUT2D eigenvalue weighted by Crippen LogP contribution is 2.38. The van der Waals surface area contributed by atoms with Gasteiger partial charge in [-0.15, -0.1) is 0 Å². The molecule has 0 atom stereocenters. The molecule has 1 saturated heterocycles. The van der Waals surface area contributed by atoms with Gasteiger partial charge in [0.25, 0.3) is 0 Å². The normalized spacial score (nSPS) is 16.1. The highest BCUT2D eigenvalue weighted by Gasteiger charge is 2.43. The van der Waals surface area contributed by atoms with Crippen molar-refractivity contribution in [3.63, 3.8) is 0 Å². The van der Waals surface area contributed by atoms with Gasteiger partial charge in [-0.1, -0.05) is 91.0 Å². The van der Waals surface area contributed by atoms with Gasteiger partial charge in [-0.25, -0.2) is 0 Å². The maximum atomic E-state index is 12.2. The Morgan fingerprint density at radius 1 is 0.879 bits per heavy atom. The van der Waals surface area contributed by atoms with Gasteiger partial charge in [-0.05, 0) is 62.0 Å². The smallest absolute Gasteiger partial charge is 0.314 e. The number of rotatable bonds is 8. The number of likely N-dealkylation sites (tertiary alicyclic amines) is 1. The lowest BCUT2D eigenvalue weighted by Gasteiger charge is -2.39. The summed E-state index contributed by atoms with van der Waals surface area (Å²) in [5.41, 5.74) is 1.45. The van der Waals surface area contributed by atoms with Crippen LogP contribution in [0.4, 0.5) is 0 Å². The Bertz CT molecular complexity index is 1040. The van der Waals surface area contributed by atoms with Crippen molar-refractivity contribution in [1.29, 1.82) is 5.26 Å². The molecule has 3 aromatic carbocycles. The topological polar surface area (TPSA) is 64.3 Å². The molecule has 0 aromatic heterocycles. The summed E-state index contributed by atoms with van der Waals surface area (Å²) in [6.07, 6.45) is 2.79. The lowest BCUT2D eigenvalue weighted by molar-refractivity contribution is -0.146. The minimum atomic E-state index is -0.803. The fourth-order valence-corrected chi connectivity index (χ4v) is 5.20. The van der Waals surface area contributed by atoms with Crippen LogP contribution in [0.25, 0.3) is 0 Å². The van der Waals surface area contributed by atoms with Gasteiger partial charge in [-0.3, -0.25) is 4.79 Å². The molecule has 1 aliphatic rings. The van der Waals surface area contributed by atoms with E-state index in [2.05, 4.69) is 11.0 Å². The third kappa shape index (κ3) is 4.55. The first-order chi connectivity index (χ1) is 16.1. The van der Waals surface area contributed by atoms with Crippen LogP contribution in [-0.2, 0) is 15.6 Å². The van der Waals surface area contributed by atoms with Crippen molar-refractivity contribution < 1.29 is 9.90 Å². The Kier molecular flexibility index (Phi) is 6.91. The van der Waals surface area contributed by atoms with E-state index in [0.717, 1.165) is 49.2 Å². The monoisotopic (exact) mass is 438 g/mol. The fraction of sp³-hybridized carbons (Fsp3) is 0.310. The third-order valence-electron chi connectivity index (χ3n) is 7.20. The van der Waals surface area contributed by atoms with E-state index in [1.807, 2.05) is 91.0 Å². The molecule has 168 valence electrons. The zero-order valence-electron chi connectivity index (χ0n) is 18.9. The van der Waals surface area contributed by atoms with Gasteiger partial charge in [0.2, 0.25) is 0 Å². The van der Waals surface area contributed by atoms with Crippen LogP contribution in [0.3, 0.4) is 0 Å². The van der Waals surface area contributed by atoms with E-state index in [4.69, 9.17) is 0 Å².